The van der Waals surface area contributed by atoms with Crippen LogP contribution in [-0.4, -0.2) is 17.2 Å². The summed E-state index contributed by atoms with van der Waals surface area (Å²) in [5.74, 6) is 1.39. The molecule has 3 unspecified atom stereocenters. The number of rotatable bonds is 4. The van der Waals surface area contributed by atoms with Crippen molar-refractivity contribution in [3.05, 3.63) is 0 Å². The minimum Gasteiger partial charge on any atom is -0.465 e. The number of hydrogen-bond donors (Lipinski definition) is 2. The highest BCUT2D eigenvalue weighted by atomic mass is 16.4. The average molecular weight is 196 g/mol. The molecule has 4 nitrogen and oxygen atoms in total. The fraction of sp³-hybridized carbons (Fsp3) is 0.800. The van der Waals surface area contributed by atoms with Crippen molar-refractivity contribution in [2.24, 2.45) is 17.8 Å². The van der Waals surface area contributed by atoms with Crippen LogP contribution in [0.25, 0.3) is 0 Å². The summed E-state index contributed by atoms with van der Waals surface area (Å²) in [6.45, 7) is 4.28. The summed E-state index contributed by atoms with van der Waals surface area (Å²) in [5.41, 5.74) is 0. The first-order valence-corrected chi connectivity index (χ1v) is 4.93. The van der Waals surface area contributed by atoms with Crippen molar-refractivity contribution in [1.29, 1.82) is 5.26 Å². The van der Waals surface area contributed by atoms with Crippen LogP contribution in [0.3, 0.4) is 0 Å². The molecule has 1 saturated carbocycles. The first kappa shape index (κ1) is 10.8. The van der Waals surface area contributed by atoms with E-state index in [1.165, 1.54) is 0 Å². The lowest BCUT2D eigenvalue weighted by molar-refractivity contribution is 0.191. The van der Waals surface area contributed by atoms with Crippen LogP contribution in [0.4, 0.5) is 4.79 Å². The Morgan fingerprint density at radius 1 is 1.71 bits per heavy atom. The van der Waals surface area contributed by atoms with Gasteiger partial charge in [-0.15, -0.1) is 0 Å². The lowest BCUT2D eigenvalue weighted by atomic mass is 10.0. The first-order chi connectivity index (χ1) is 6.54. The minimum absolute atomic E-state index is 0.235. The normalized spacial score (nSPS) is 26.7. The highest BCUT2D eigenvalue weighted by Gasteiger charge is 2.43. The molecule has 0 heterocycles. The molecule has 78 valence electrons. The molecule has 2 N–H and O–H groups in total. The molecule has 0 radical (unpaired) electrons. The molecule has 0 aliphatic heterocycles. The van der Waals surface area contributed by atoms with Gasteiger partial charge in [-0.3, -0.25) is 0 Å². The second-order valence-corrected chi connectivity index (χ2v) is 4.35. The van der Waals surface area contributed by atoms with Crippen molar-refractivity contribution in [3.8, 4) is 6.07 Å². The summed E-state index contributed by atoms with van der Waals surface area (Å²) in [4.78, 5) is 10.4. The van der Waals surface area contributed by atoms with Gasteiger partial charge in [0.15, 0.2) is 0 Å². The van der Waals surface area contributed by atoms with Gasteiger partial charge in [0, 0.05) is 0 Å². The molecule has 0 aromatic rings. The van der Waals surface area contributed by atoms with Gasteiger partial charge >= 0.3 is 6.09 Å². The smallest absolute Gasteiger partial charge is 0.405 e. The van der Waals surface area contributed by atoms with Gasteiger partial charge in [-0.2, -0.15) is 5.26 Å². The summed E-state index contributed by atoms with van der Waals surface area (Å²) in [7, 11) is 0. The molecule has 1 aliphatic rings. The third-order valence-corrected chi connectivity index (χ3v) is 2.60. The van der Waals surface area contributed by atoms with Crippen molar-refractivity contribution in [2.75, 3.05) is 0 Å². The predicted molar refractivity (Wildman–Crippen MR) is 51.6 cm³/mol. The number of carbonyl (C=O) groups is 1. The van der Waals surface area contributed by atoms with Crippen molar-refractivity contribution in [3.63, 3.8) is 0 Å². The molecule has 1 aliphatic carbocycles. The number of nitrogens with one attached hydrogen (secondary N) is 1. The van der Waals surface area contributed by atoms with Gasteiger partial charge in [0.05, 0.1) is 6.07 Å². The SMILES string of the molecule is CC(C)CC1CC1C(C#N)NC(=O)O. The second-order valence-electron chi connectivity index (χ2n) is 4.35. The Hall–Kier alpha value is -1.24. The zero-order valence-electron chi connectivity index (χ0n) is 8.53. The van der Waals surface area contributed by atoms with Crippen LogP contribution in [-0.2, 0) is 0 Å². The molecule has 1 amide bonds. The monoisotopic (exact) mass is 196 g/mol. The number of amides is 1. The van der Waals surface area contributed by atoms with E-state index in [-0.39, 0.29) is 5.92 Å². The molecule has 1 fully saturated rings. The largest absolute Gasteiger partial charge is 0.465 e. The van der Waals surface area contributed by atoms with E-state index in [1.54, 1.807) is 0 Å². The van der Waals surface area contributed by atoms with E-state index in [0.29, 0.717) is 11.8 Å². The molecular formula is C10H16N2O2. The van der Waals surface area contributed by atoms with Crippen LogP contribution in [0.15, 0.2) is 0 Å². The molecule has 4 heteroatoms. The van der Waals surface area contributed by atoms with Crippen LogP contribution in [0.5, 0.6) is 0 Å². The first-order valence-electron chi connectivity index (χ1n) is 4.93. The maximum absolute atomic E-state index is 10.4. The zero-order valence-corrected chi connectivity index (χ0v) is 8.53. The summed E-state index contributed by atoms with van der Waals surface area (Å²) >= 11 is 0. The van der Waals surface area contributed by atoms with Crippen molar-refractivity contribution < 1.29 is 9.90 Å². The Labute approximate surface area is 83.9 Å². The zero-order chi connectivity index (χ0) is 10.7. The van der Waals surface area contributed by atoms with E-state index in [1.807, 2.05) is 6.07 Å². The lowest BCUT2D eigenvalue weighted by Crippen LogP contribution is -2.34. The van der Waals surface area contributed by atoms with Crippen molar-refractivity contribution >= 4 is 6.09 Å². The summed E-state index contributed by atoms with van der Waals surface area (Å²) in [6.07, 6.45) is 0.965. The van der Waals surface area contributed by atoms with E-state index < -0.39 is 12.1 Å². The minimum atomic E-state index is -1.10. The Morgan fingerprint density at radius 2 is 2.36 bits per heavy atom. The molecule has 0 bridgehead atoms. The number of nitrogens with zero attached hydrogens (tertiary/aromatic N) is 1. The molecule has 0 aromatic heterocycles. The highest BCUT2D eigenvalue weighted by molar-refractivity contribution is 5.65. The summed E-state index contributed by atoms with van der Waals surface area (Å²) < 4.78 is 0. The van der Waals surface area contributed by atoms with E-state index in [0.717, 1.165) is 12.8 Å². The number of nitriles is 1. The maximum Gasteiger partial charge on any atom is 0.405 e. The van der Waals surface area contributed by atoms with Gasteiger partial charge in [0.2, 0.25) is 0 Å². The maximum atomic E-state index is 10.4. The third kappa shape index (κ3) is 2.91. The van der Waals surface area contributed by atoms with Gasteiger partial charge in [-0.1, -0.05) is 13.8 Å². The topological polar surface area (TPSA) is 73.1 Å². The van der Waals surface area contributed by atoms with Crippen LogP contribution < -0.4 is 5.32 Å². The van der Waals surface area contributed by atoms with E-state index in [4.69, 9.17) is 10.4 Å². The third-order valence-electron chi connectivity index (χ3n) is 2.60. The molecule has 3 atom stereocenters. The Kier molecular flexibility index (Phi) is 3.34. The fourth-order valence-corrected chi connectivity index (χ4v) is 1.92. The number of carboxylic acid groups (broad SMARTS) is 1. The van der Waals surface area contributed by atoms with Crippen LogP contribution in [0.2, 0.25) is 0 Å². The second kappa shape index (κ2) is 4.32. The van der Waals surface area contributed by atoms with E-state index in [9.17, 15) is 4.79 Å². The molecular weight excluding hydrogens is 180 g/mol. The average Bonchev–Trinajstić information content (AvgIpc) is 2.78. The summed E-state index contributed by atoms with van der Waals surface area (Å²) in [6, 6.07) is 1.49. The fourth-order valence-electron chi connectivity index (χ4n) is 1.92. The lowest BCUT2D eigenvalue weighted by Gasteiger charge is -2.08. The Bertz CT molecular complexity index is 257. The molecule has 0 saturated heterocycles. The Balaban J connectivity index is 2.36. The quantitative estimate of drug-likeness (QED) is 0.720. The predicted octanol–water partition coefficient (Wildman–Crippen LogP) is 1.83. The van der Waals surface area contributed by atoms with Crippen LogP contribution in [0, 0.1) is 29.1 Å². The molecule has 1 rings (SSSR count). The van der Waals surface area contributed by atoms with Crippen molar-refractivity contribution in [1.82, 2.24) is 5.32 Å². The van der Waals surface area contributed by atoms with Gasteiger partial charge in [0.25, 0.3) is 0 Å². The molecule has 0 aromatic carbocycles. The summed E-state index contributed by atoms with van der Waals surface area (Å²) in [5, 5.41) is 19.5. The van der Waals surface area contributed by atoms with E-state index >= 15 is 0 Å². The van der Waals surface area contributed by atoms with Gasteiger partial charge in [-0.05, 0) is 30.6 Å². The molecule has 0 spiro atoms. The Morgan fingerprint density at radius 3 is 2.79 bits per heavy atom. The van der Waals surface area contributed by atoms with Crippen molar-refractivity contribution in [2.45, 2.75) is 32.7 Å². The highest BCUT2D eigenvalue weighted by Crippen LogP contribution is 2.45. The molecule has 14 heavy (non-hydrogen) atoms. The standard InChI is InChI=1S/C10H16N2O2/c1-6(2)3-7-4-8(7)9(5-11)12-10(13)14/h6-9,12H,3-4H2,1-2H3,(H,13,14). The van der Waals surface area contributed by atoms with Crippen LogP contribution in [0.1, 0.15) is 26.7 Å². The van der Waals surface area contributed by atoms with Gasteiger partial charge in [-0.25, -0.2) is 4.79 Å². The van der Waals surface area contributed by atoms with E-state index in [2.05, 4.69) is 19.2 Å². The van der Waals surface area contributed by atoms with Crippen LogP contribution >= 0.6 is 0 Å². The van der Waals surface area contributed by atoms with Gasteiger partial charge < -0.3 is 10.4 Å². The van der Waals surface area contributed by atoms with Gasteiger partial charge in [0.1, 0.15) is 6.04 Å². The number of hydrogen-bond acceptors (Lipinski definition) is 2.